The monoisotopic (exact) mass is 336 g/mol. The van der Waals surface area contributed by atoms with Gasteiger partial charge in [-0.05, 0) is 24.9 Å². The number of benzene rings is 1. The van der Waals surface area contributed by atoms with Gasteiger partial charge >= 0.3 is 0 Å². The second-order valence-corrected chi connectivity index (χ2v) is 5.77. The molecule has 0 aromatic heterocycles. The van der Waals surface area contributed by atoms with E-state index < -0.39 is 10.8 Å². The largest absolute Gasteiger partial charge is 0.352 e. The smallest absolute Gasteiger partial charge is 0.271 e. The third kappa shape index (κ3) is 4.85. The fourth-order valence-electron chi connectivity index (χ4n) is 1.51. The maximum absolute atomic E-state index is 11.9. The topological polar surface area (TPSA) is 72.2 Å². The van der Waals surface area contributed by atoms with Gasteiger partial charge < -0.3 is 5.32 Å². The first-order chi connectivity index (χ1) is 9.47. The zero-order valence-electron chi connectivity index (χ0n) is 10.8. The predicted octanol–water partition coefficient (Wildman–Crippen LogP) is 3.77. The predicted molar refractivity (Wildman–Crippen MR) is 83.1 cm³/mol. The molecule has 0 bridgehead atoms. The number of non-ortho nitro benzene ring substituents is 1. The van der Waals surface area contributed by atoms with Gasteiger partial charge in [0.05, 0.1) is 20.5 Å². The lowest BCUT2D eigenvalue weighted by atomic mass is 10.2. The minimum atomic E-state index is -0.614. The highest BCUT2D eigenvalue weighted by Crippen LogP contribution is 2.30. The molecule has 0 unspecified atom stereocenters. The normalized spacial score (nSPS) is 10.3. The van der Waals surface area contributed by atoms with Crippen molar-refractivity contribution in [3.05, 3.63) is 37.9 Å². The van der Waals surface area contributed by atoms with E-state index in [0.29, 0.717) is 6.54 Å². The van der Waals surface area contributed by atoms with Crippen LogP contribution in [-0.2, 0) is 0 Å². The Bertz CT molecular complexity index is 512. The average molecular weight is 337 g/mol. The summed E-state index contributed by atoms with van der Waals surface area (Å²) in [5, 5.41) is 13.4. The SMILES string of the molecule is CSCCCCNC(=O)c1cc([N+](=O)[O-])cc(Cl)c1Cl. The second-order valence-electron chi connectivity index (χ2n) is 4.00. The number of unbranched alkanes of at least 4 members (excludes halogenated alkanes) is 1. The number of carbonyl (C=O) groups excluding carboxylic acids is 1. The molecule has 1 aromatic carbocycles. The molecule has 0 aliphatic rings. The molecule has 0 radical (unpaired) electrons. The molecule has 110 valence electrons. The summed E-state index contributed by atoms with van der Waals surface area (Å²) < 4.78 is 0. The van der Waals surface area contributed by atoms with Crippen molar-refractivity contribution in [2.45, 2.75) is 12.8 Å². The molecule has 1 N–H and O–H groups in total. The fourth-order valence-corrected chi connectivity index (χ4v) is 2.42. The summed E-state index contributed by atoms with van der Waals surface area (Å²) in [4.78, 5) is 22.1. The number of thioether (sulfide) groups is 1. The van der Waals surface area contributed by atoms with Crippen LogP contribution in [0.25, 0.3) is 0 Å². The molecule has 0 atom stereocenters. The Kier molecular flexibility index (Phi) is 7.12. The highest BCUT2D eigenvalue weighted by atomic mass is 35.5. The van der Waals surface area contributed by atoms with E-state index in [4.69, 9.17) is 23.2 Å². The van der Waals surface area contributed by atoms with Gasteiger partial charge in [0.15, 0.2) is 0 Å². The van der Waals surface area contributed by atoms with Crippen LogP contribution >= 0.6 is 35.0 Å². The Morgan fingerprint density at radius 2 is 2.10 bits per heavy atom. The molecule has 0 saturated heterocycles. The van der Waals surface area contributed by atoms with Crippen molar-refractivity contribution < 1.29 is 9.72 Å². The number of hydrogen-bond acceptors (Lipinski definition) is 4. The highest BCUT2D eigenvalue weighted by Gasteiger charge is 2.19. The van der Waals surface area contributed by atoms with E-state index in [1.807, 2.05) is 6.26 Å². The first kappa shape index (κ1) is 17.1. The lowest BCUT2D eigenvalue weighted by Crippen LogP contribution is -2.25. The number of nitrogens with zero attached hydrogens (tertiary/aromatic N) is 1. The van der Waals surface area contributed by atoms with Gasteiger partial charge in [0.25, 0.3) is 11.6 Å². The molecule has 0 spiro atoms. The number of nitro groups is 1. The number of amides is 1. The molecule has 0 saturated carbocycles. The van der Waals surface area contributed by atoms with Crippen LogP contribution < -0.4 is 5.32 Å². The van der Waals surface area contributed by atoms with E-state index in [9.17, 15) is 14.9 Å². The van der Waals surface area contributed by atoms with Crippen LogP contribution in [0, 0.1) is 10.1 Å². The number of nitrogens with one attached hydrogen (secondary N) is 1. The lowest BCUT2D eigenvalue weighted by molar-refractivity contribution is -0.384. The quantitative estimate of drug-likeness (QED) is 0.467. The lowest BCUT2D eigenvalue weighted by Gasteiger charge is -2.07. The summed E-state index contributed by atoms with van der Waals surface area (Å²) in [5.74, 6) is 0.573. The molecule has 20 heavy (non-hydrogen) atoms. The zero-order chi connectivity index (χ0) is 15.1. The Morgan fingerprint density at radius 3 is 2.70 bits per heavy atom. The van der Waals surface area contributed by atoms with Crippen LogP contribution in [0.4, 0.5) is 5.69 Å². The van der Waals surface area contributed by atoms with Gasteiger partial charge in [-0.2, -0.15) is 11.8 Å². The average Bonchev–Trinajstić information content (AvgIpc) is 2.41. The second kappa shape index (κ2) is 8.34. The summed E-state index contributed by atoms with van der Waals surface area (Å²) in [6, 6.07) is 2.25. The molecule has 0 heterocycles. The van der Waals surface area contributed by atoms with Gasteiger partial charge in [-0.25, -0.2) is 0 Å². The molecule has 1 aromatic rings. The summed E-state index contributed by atoms with van der Waals surface area (Å²) in [6.45, 7) is 0.496. The van der Waals surface area contributed by atoms with Crippen LogP contribution in [0.15, 0.2) is 12.1 Å². The molecule has 0 aliphatic heterocycles. The molecule has 1 amide bonds. The van der Waals surface area contributed by atoms with Crippen LogP contribution in [0.2, 0.25) is 10.0 Å². The van der Waals surface area contributed by atoms with Gasteiger partial charge in [-0.3, -0.25) is 14.9 Å². The van der Waals surface area contributed by atoms with Gasteiger partial charge in [-0.15, -0.1) is 0 Å². The van der Waals surface area contributed by atoms with Crippen molar-refractivity contribution in [1.82, 2.24) is 5.32 Å². The van der Waals surface area contributed by atoms with E-state index in [2.05, 4.69) is 5.32 Å². The van der Waals surface area contributed by atoms with Crippen molar-refractivity contribution in [3.8, 4) is 0 Å². The van der Waals surface area contributed by atoms with Crippen LogP contribution in [0.3, 0.4) is 0 Å². The molecule has 8 heteroatoms. The van der Waals surface area contributed by atoms with E-state index >= 15 is 0 Å². The van der Waals surface area contributed by atoms with Crippen LogP contribution in [0.5, 0.6) is 0 Å². The Balaban J connectivity index is 2.74. The number of hydrogen-bond donors (Lipinski definition) is 1. The third-order valence-electron chi connectivity index (χ3n) is 2.53. The van der Waals surface area contributed by atoms with E-state index in [-0.39, 0.29) is 21.3 Å². The molecule has 5 nitrogen and oxygen atoms in total. The van der Waals surface area contributed by atoms with Crippen molar-refractivity contribution in [2.24, 2.45) is 0 Å². The van der Waals surface area contributed by atoms with Crippen molar-refractivity contribution in [1.29, 1.82) is 0 Å². The molecule has 0 fully saturated rings. The minimum Gasteiger partial charge on any atom is -0.352 e. The molecular formula is C12H14Cl2N2O3S. The molecule has 0 aliphatic carbocycles. The van der Waals surface area contributed by atoms with Gasteiger partial charge in [-0.1, -0.05) is 23.2 Å². The van der Waals surface area contributed by atoms with E-state index in [0.717, 1.165) is 30.7 Å². The van der Waals surface area contributed by atoms with E-state index in [1.54, 1.807) is 11.8 Å². The highest BCUT2D eigenvalue weighted by molar-refractivity contribution is 7.98. The maximum Gasteiger partial charge on any atom is 0.271 e. The first-order valence-corrected chi connectivity index (χ1v) is 8.03. The Hall–Kier alpha value is -0.980. The van der Waals surface area contributed by atoms with Crippen molar-refractivity contribution in [2.75, 3.05) is 18.6 Å². The van der Waals surface area contributed by atoms with Gasteiger partial charge in [0.1, 0.15) is 0 Å². The van der Waals surface area contributed by atoms with E-state index in [1.165, 1.54) is 0 Å². The summed E-state index contributed by atoms with van der Waals surface area (Å²) in [7, 11) is 0. The first-order valence-electron chi connectivity index (χ1n) is 5.88. The number of rotatable bonds is 7. The van der Waals surface area contributed by atoms with Crippen molar-refractivity contribution in [3.63, 3.8) is 0 Å². The third-order valence-corrected chi connectivity index (χ3v) is 4.03. The fraction of sp³-hybridized carbons (Fsp3) is 0.417. The minimum absolute atomic E-state index is 0.00611. The number of halogens is 2. The molecular weight excluding hydrogens is 323 g/mol. The van der Waals surface area contributed by atoms with Gasteiger partial charge in [0.2, 0.25) is 0 Å². The van der Waals surface area contributed by atoms with Crippen LogP contribution in [-0.4, -0.2) is 29.4 Å². The number of carbonyl (C=O) groups is 1. The Morgan fingerprint density at radius 1 is 1.40 bits per heavy atom. The van der Waals surface area contributed by atoms with Crippen LogP contribution in [0.1, 0.15) is 23.2 Å². The zero-order valence-corrected chi connectivity index (χ0v) is 13.1. The Labute approximate surface area is 131 Å². The summed E-state index contributed by atoms with van der Waals surface area (Å²) in [6.07, 6.45) is 3.85. The van der Waals surface area contributed by atoms with Gasteiger partial charge in [0, 0.05) is 18.7 Å². The van der Waals surface area contributed by atoms with Crippen molar-refractivity contribution >= 4 is 46.6 Å². The standard InChI is InChI=1S/C12H14Cl2N2O3S/c1-20-5-3-2-4-15-12(17)9-6-8(16(18)19)7-10(13)11(9)14/h6-7H,2-5H2,1H3,(H,15,17). The maximum atomic E-state index is 11.9. The summed E-state index contributed by atoms with van der Waals surface area (Å²) in [5.41, 5.74) is -0.234. The number of nitro benzene ring substituents is 1. The summed E-state index contributed by atoms with van der Waals surface area (Å²) >= 11 is 13.4. The molecule has 1 rings (SSSR count).